The summed E-state index contributed by atoms with van der Waals surface area (Å²) in [7, 11) is 1.70. The molecule has 2 aromatic rings. The molecule has 0 aliphatic carbocycles. The third-order valence-electron chi connectivity index (χ3n) is 4.95. The minimum Gasteiger partial charge on any atom is -0.341 e. The molecule has 2 amide bonds. The average molecular weight is 337 g/mol. The average Bonchev–Trinajstić information content (AvgIpc) is 2.69. The molecule has 4 nitrogen and oxygen atoms in total. The molecule has 1 heterocycles. The Labute approximate surface area is 150 Å². The smallest absolute Gasteiger partial charge is 0.321 e. The number of amides is 2. The van der Waals surface area contributed by atoms with E-state index < -0.39 is 0 Å². The summed E-state index contributed by atoms with van der Waals surface area (Å²) >= 11 is 0. The lowest BCUT2D eigenvalue weighted by molar-refractivity contribution is 0.206. The summed E-state index contributed by atoms with van der Waals surface area (Å²) in [4.78, 5) is 16.8. The Morgan fingerprint density at radius 3 is 2.24 bits per heavy atom. The number of rotatable bonds is 5. The van der Waals surface area contributed by atoms with Crippen molar-refractivity contribution in [1.29, 1.82) is 0 Å². The number of urea groups is 1. The fourth-order valence-corrected chi connectivity index (χ4v) is 3.54. The molecule has 0 spiro atoms. The zero-order valence-electron chi connectivity index (χ0n) is 14.9. The normalized spacial score (nSPS) is 15.7. The van der Waals surface area contributed by atoms with Gasteiger partial charge >= 0.3 is 6.03 Å². The van der Waals surface area contributed by atoms with Crippen LogP contribution in [0.15, 0.2) is 60.7 Å². The quantitative estimate of drug-likeness (QED) is 0.906. The zero-order chi connectivity index (χ0) is 17.5. The van der Waals surface area contributed by atoms with Crippen molar-refractivity contribution in [2.75, 3.05) is 31.6 Å². The highest BCUT2D eigenvalue weighted by Crippen LogP contribution is 2.24. The standard InChI is InChI=1S/C21H27N3O/c1-22-21(25)24(19-10-6-3-7-11-19)20-13-16-23(17-14-20)15-12-18-8-4-2-5-9-18/h2-11,20H,12-17H2,1H3,(H,22,25). The maximum atomic E-state index is 12.4. The lowest BCUT2D eigenvalue weighted by Crippen LogP contribution is -2.50. The lowest BCUT2D eigenvalue weighted by atomic mass is 10.0. The number of hydrogen-bond acceptors (Lipinski definition) is 2. The van der Waals surface area contributed by atoms with Crippen molar-refractivity contribution >= 4 is 11.7 Å². The predicted molar refractivity (Wildman–Crippen MR) is 103 cm³/mol. The highest BCUT2D eigenvalue weighted by atomic mass is 16.2. The van der Waals surface area contributed by atoms with Gasteiger partial charge in [0.1, 0.15) is 0 Å². The molecule has 132 valence electrons. The van der Waals surface area contributed by atoms with Gasteiger partial charge in [-0.3, -0.25) is 4.90 Å². The van der Waals surface area contributed by atoms with Crippen LogP contribution in [-0.4, -0.2) is 43.7 Å². The fourth-order valence-electron chi connectivity index (χ4n) is 3.54. The summed E-state index contributed by atoms with van der Waals surface area (Å²) in [6.07, 6.45) is 3.11. The van der Waals surface area contributed by atoms with Gasteiger partial charge in [-0.15, -0.1) is 0 Å². The van der Waals surface area contributed by atoms with Crippen LogP contribution in [0.25, 0.3) is 0 Å². The highest BCUT2D eigenvalue weighted by Gasteiger charge is 2.28. The topological polar surface area (TPSA) is 35.6 Å². The van der Waals surface area contributed by atoms with Gasteiger partial charge in [-0.05, 0) is 37.0 Å². The Hall–Kier alpha value is -2.33. The Morgan fingerprint density at radius 2 is 1.64 bits per heavy atom. The van der Waals surface area contributed by atoms with Crippen LogP contribution in [0.4, 0.5) is 10.5 Å². The zero-order valence-corrected chi connectivity index (χ0v) is 14.9. The van der Waals surface area contributed by atoms with Crippen LogP contribution in [0.5, 0.6) is 0 Å². The molecule has 1 aliphatic heterocycles. The third-order valence-corrected chi connectivity index (χ3v) is 4.95. The minimum atomic E-state index is -0.0195. The molecule has 0 atom stereocenters. The molecule has 3 rings (SSSR count). The molecule has 4 heteroatoms. The van der Waals surface area contributed by atoms with Crippen LogP contribution in [-0.2, 0) is 6.42 Å². The number of hydrogen-bond donors (Lipinski definition) is 1. The van der Waals surface area contributed by atoms with E-state index in [-0.39, 0.29) is 12.1 Å². The van der Waals surface area contributed by atoms with Crippen LogP contribution in [0.2, 0.25) is 0 Å². The molecule has 25 heavy (non-hydrogen) atoms. The van der Waals surface area contributed by atoms with Gasteiger partial charge < -0.3 is 10.2 Å². The molecular formula is C21H27N3O. The van der Waals surface area contributed by atoms with E-state index in [1.165, 1.54) is 5.56 Å². The molecule has 1 saturated heterocycles. The molecule has 2 aromatic carbocycles. The summed E-state index contributed by atoms with van der Waals surface area (Å²) in [5, 5.41) is 2.79. The first kappa shape index (κ1) is 17.5. The Bertz CT molecular complexity index is 651. The van der Waals surface area contributed by atoms with E-state index in [1.54, 1.807) is 7.05 Å². The molecule has 0 radical (unpaired) electrons. The SMILES string of the molecule is CNC(=O)N(c1ccccc1)C1CCN(CCc2ccccc2)CC1. The Balaban J connectivity index is 1.57. The number of para-hydroxylation sites is 1. The number of anilines is 1. The lowest BCUT2D eigenvalue weighted by Gasteiger charge is -2.38. The summed E-state index contributed by atoms with van der Waals surface area (Å²) in [6, 6.07) is 20.9. The summed E-state index contributed by atoms with van der Waals surface area (Å²) in [5.41, 5.74) is 2.37. The maximum absolute atomic E-state index is 12.4. The number of carbonyl (C=O) groups is 1. The van der Waals surface area contributed by atoms with Gasteiger partial charge in [0, 0.05) is 38.4 Å². The second kappa shape index (κ2) is 8.67. The number of benzene rings is 2. The number of nitrogens with one attached hydrogen (secondary N) is 1. The molecule has 1 aliphatic rings. The van der Waals surface area contributed by atoms with E-state index in [9.17, 15) is 4.79 Å². The van der Waals surface area contributed by atoms with E-state index >= 15 is 0 Å². The second-order valence-corrected chi connectivity index (χ2v) is 6.57. The van der Waals surface area contributed by atoms with Crippen molar-refractivity contribution in [3.8, 4) is 0 Å². The summed E-state index contributed by atoms with van der Waals surface area (Å²) in [5.74, 6) is 0. The minimum absolute atomic E-state index is 0.0195. The molecule has 1 N–H and O–H groups in total. The Morgan fingerprint density at radius 1 is 1.04 bits per heavy atom. The first-order valence-electron chi connectivity index (χ1n) is 9.10. The third kappa shape index (κ3) is 4.60. The van der Waals surface area contributed by atoms with Crippen molar-refractivity contribution in [1.82, 2.24) is 10.2 Å². The van der Waals surface area contributed by atoms with E-state index in [1.807, 2.05) is 35.2 Å². The van der Waals surface area contributed by atoms with Crippen LogP contribution in [0, 0.1) is 0 Å². The Kier molecular flexibility index (Phi) is 6.07. The summed E-state index contributed by atoms with van der Waals surface area (Å²) < 4.78 is 0. The van der Waals surface area contributed by atoms with Crippen LogP contribution in [0.3, 0.4) is 0 Å². The van der Waals surface area contributed by atoms with Crippen molar-refractivity contribution in [2.24, 2.45) is 0 Å². The van der Waals surface area contributed by atoms with Gasteiger partial charge in [0.05, 0.1) is 0 Å². The van der Waals surface area contributed by atoms with Gasteiger partial charge in [0.25, 0.3) is 0 Å². The van der Waals surface area contributed by atoms with Crippen LogP contribution in [0.1, 0.15) is 18.4 Å². The van der Waals surface area contributed by atoms with Gasteiger partial charge in [-0.1, -0.05) is 48.5 Å². The number of carbonyl (C=O) groups excluding carboxylic acids is 1. The number of likely N-dealkylation sites (tertiary alicyclic amines) is 1. The first-order chi connectivity index (χ1) is 12.3. The molecule has 1 fully saturated rings. The highest BCUT2D eigenvalue weighted by molar-refractivity contribution is 5.92. The van der Waals surface area contributed by atoms with Crippen molar-refractivity contribution in [3.63, 3.8) is 0 Å². The summed E-state index contributed by atoms with van der Waals surface area (Å²) in [6.45, 7) is 3.16. The van der Waals surface area contributed by atoms with Gasteiger partial charge in [-0.25, -0.2) is 4.79 Å². The molecule has 0 bridgehead atoms. The van der Waals surface area contributed by atoms with E-state index in [4.69, 9.17) is 0 Å². The monoisotopic (exact) mass is 337 g/mol. The molecular weight excluding hydrogens is 310 g/mol. The van der Waals surface area contributed by atoms with Crippen molar-refractivity contribution < 1.29 is 4.79 Å². The van der Waals surface area contributed by atoms with E-state index in [0.29, 0.717) is 0 Å². The van der Waals surface area contributed by atoms with Gasteiger partial charge in [0.15, 0.2) is 0 Å². The van der Waals surface area contributed by atoms with Crippen LogP contribution < -0.4 is 10.2 Å². The van der Waals surface area contributed by atoms with E-state index in [2.05, 4.69) is 40.5 Å². The van der Waals surface area contributed by atoms with Crippen molar-refractivity contribution in [2.45, 2.75) is 25.3 Å². The van der Waals surface area contributed by atoms with Gasteiger partial charge in [0.2, 0.25) is 0 Å². The maximum Gasteiger partial charge on any atom is 0.321 e. The fraction of sp³-hybridized carbons (Fsp3) is 0.381. The van der Waals surface area contributed by atoms with E-state index in [0.717, 1.165) is 44.6 Å². The molecule has 0 unspecified atom stereocenters. The molecule has 0 saturated carbocycles. The molecule has 0 aromatic heterocycles. The number of piperidine rings is 1. The largest absolute Gasteiger partial charge is 0.341 e. The first-order valence-corrected chi connectivity index (χ1v) is 9.10. The number of nitrogens with zero attached hydrogens (tertiary/aromatic N) is 2. The predicted octanol–water partition coefficient (Wildman–Crippen LogP) is 3.54. The van der Waals surface area contributed by atoms with Gasteiger partial charge in [-0.2, -0.15) is 0 Å². The van der Waals surface area contributed by atoms with Crippen molar-refractivity contribution in [3.05, 3.63) is 66.2 Å². The van der Waals surface area contributed by atoms with Crippen LogP contribution >= 0.6 is 0 Å². The second-order valence-electron chi connectivity index (χ2n) is 6.57.